The number of anilines is 1. The van der Waals surface area contributed by atoms with E-state index in [1.165, 1.54) is 12.5 Å². The Hall–Kier alpha value is -4.07. The number of hydrogen-bond acceptors (Lipinski definition) is 6. The fraction of sp³-hybridized carbons (Fsp3) is 0.136. The first kappa shape index (κ1) is 19.3. The van der Waals surface area contributed by atoms with Gasteiger partial charge in [0, 0.05) is 36.7 Å². The van der Waals surface area contributed by atoms with E-state index in [1.54, 1.807) is 44.6 Å². The van der Waals surface area contributed by atoms with Crippen molar-refractivity contribution >= 4 is 22.6 Å². The summed E-state index contributed by atoms with van der Waals surface area (Å²) in [5.74, 6) is 1.50. The molecule has 152 valence electrons. The van der Waals surface area contributed by atoms with Crippen molar-refractivity contribution < 1.29 is 13.9 Å². The summed E-state index contributed by atoms with van der Waals surface area (Å²) < 4.78 is 10.8. The molecule has 0 fully saturated rings. The lowest BCUT2D eigenvalue weighted by Gasteiger charge is -2.11. The lowest BCUT2D eigenvalue weighted by Crippen LogP contribution is -2.18. The number of nitrogens with one attached hydrogen (secondary N) is 3. The first-order valence-corrected chi connectivity index (χ1v) is 9.28. The van der Waals surface area contributed by atoms with Crippen LogP contribution in [0.5, 0.6) is 5.75 Å². The molecule has 4 rings (SSSR count). The van der Waals surface area contributed by atoms with Crippen LogP contribution >= 0.6 is 0 Å². The molecule has 2 aromatic carbocycles. The Kier molecular flexibility index (Phi) is 5.21. The highest BCUT2D eigenvalue weighted by Crippen LogP contribution is 2.32. The van der Waals surface area contributed by atoms with E-state index in [4.69, 9.17) is 9.15 Å². The Morgan fingerprint density at radius 2 is 2.10 bits per heavy atom. The van der Waals surface area contributed by atoms with E-state index in [-0.39, 0.29) is 11.3 Å². The van der Waals surface area contributed by atoms with Crippen molar-refractivity contribution in [3.63, 3.8) is 0 Å². The molecular formula is C22H20N4O4. The first-order chi connectivity index (χ1) is 14.6. The van der Waals surface area contributed by atoms with Gasteiger partial charge in [-0.3, -0.25) is 9.59 Å². The van der Waals surface area contributed by atoms with Crippen LogP contribution in [0.25, 0.3) is 22.2 Å². The van der Waals surface area contributed by atoms with Crippen LogP contribution in [0.2, 0.25) is 0 Å². The van der Waals surface area contributed by atoms with Gasteiger partial charge in [0.2, 0.25) is 0 Å². The third-order valence-corrected chi connectivity index (χ3v) is 4.75. The summed E-state index contributed by atoms with van der Waals surface area (Å²) in [6.07, 6.45) is 2.90. The highest BCUT2D eigenvalue weighted by molar-refractivity contribution is 5.94. The molecule has 2 aromatic heterocycles. The van der Waals surface area contributed by atoms with Crippen LogP contribution in [0.4, 0.5) is 5.82 Å². The molecule has 0 bridgehead atoms. The monoisotopic (exact) mass is 404 g/mol. The van der Waals surface area contributed by atoms with E-state index in [9.17, 15) is 9.59 Å². The molecule has 0 unspecified atom stereocenters. The predicted molar refractivity (Wildman–Crippen MR) is 114 cm³/mol. The third kappa shape index (κ3) is 3.75. The summed E-state index contributed by atoms with van der Waals surface area (Å²) in [6, 6.07) is 12.3. The van der Waals surface area contributed by atoms with E-state index in [0.717, 1.165) is 5.56 Å². The van der Waals surface area contributed by atoms with Crippen molar-refractivity contribution in [3.05, 3.63) is 76.4 Å². The maximum atomic E-state index is 12.7. The number of carbonyl (C=O) groups excluding carboxylic acids is 1. The summed E-state index contributed by atoms with van der Waals surface area (Å²) in [6.45, 7) is 0.444. The van der Waals surface area contributed by atoms with Crippen molar-refractivity contribution in [3.8, 4) is 17.1 Å². The molecule has 0 spiro atoms. The Bertz CT molecular complexity index is 1260. The molecule has 0 radical (unpaired) electrons. The van der Waals surface area contributed by atoms with E-state index in [1.807, 2.05) is 12.1 Å². The minimum atomic E-state index is -0.148. The average molecular weight is 404 g/mol. The summed E-state index contributed by atoms with van der Waals surface area (Å²) >= 11 is 0. The number of aromatic nitrogens is 2. The number of benzene rings is 2. The predicted octanol–water partition coefficient (Wildman–Crippen LogP) is 3.16. The highest BCUT2D eigenvalue weighted by atomic mass is 16.5. The number of rotatable bonds is 6. The zero-order chi connectivity index (χ0) is 21.1. The molecule has 0 atom stereocenters. The van der Waals surface area contributed by atoms with Crippen LogP contribution in [-0.2, 0) is 6.54 Å². The summed E-state index contributed by atoms with van der Waals surface area (Å²) in [5.41, 5.74) is 2.63. The maximum absolute atomic E-state index is 12.7. The number of ether oxygens (including phenoxy) is 1. The number of oxazole rings is 1. The van der Waals surface area contributed by atoms with E-state index in [2.05, 4.69) is 20.6 Å². The van der Waals surface area contributed by atoms with Gasteiger partial charge in [-0.1, -0.05) is 12.1 Å². The van der Waals surface area contributed by atoms with Crippen LogP contribution in [0.1, 0.15) is 15.9 Å². The molecule has 0 aliphatic heterocycles. The average Bonchev–Trinajstić information content (AvgIpc) is 3.31. The summed E-state index contributed by atoms with van der Waals surface area (Å²) in [7, 11) is 3.15. The maximum Gasteiger partial charge on any atom is 0.251 e. The van der Waals surface area contributed by atoms with E-state index in [0.29, 0.717) is 45.9 Å². The smallest absolute Gasteiger partial charge is 0.251 e. The zero-order valence-corrected chi connectivity index (χ0v) is 16.5. The topological polar surface area (TPSA) is 109 Å². The number of nitrogens with zero attached hydrogens (tertiary/aromatic N) is 1. The second-order valence-electron chi connectivity index (χ2n) is 6.64. The molecule has 0 saturated carbocycles. The van der Waals surface area contributed by atoms with Crippen molar-refractivity contribution in [2.75, 3.05) is 19.5 Å². The molecule has 3 N–H and O–H groups in total. The van der Waals surface area contributed by atoms with Crippen molar-refractivity contribution in [1.29, 1.82) is 0 Å². The largest absolute Gasteiger partial charge is 0.496 e. The van der Waals surface area contributed by atoms with Crippen molar-refractivity contribution in [2.24, 2.45) is 0 Å². The van der Waals surface area contributed by atoms with E-state index >= 15 is 0 Å². The fourth-order valence-corrected chi connectivity index (χ4v) is 3.25. The molecule has 30 heavy (non-hydrogen) atoms. The Balaban J connectivity index is 1.64. The molecule has 0 aliphatic rings. The van der Waals surface area contributed by atoms with Gasteiger partial charge >= 0.3 is 0 Å². The molecule has 8 nitrogen and oxygen atoms in total. The standard InChI is InChI=1S/C22H20N4O4/c1-23-22(28)14-5-3-4-13(6-14)10-25-21-9-18(27)15-7-16(20-11-24-12-30-20)19(29-2)8-17(15)26-21/h3-9,11-12H,10H2,1-2H3,(H,23,28)(H2,25,26,27). The number of aromatic amines is 1. The molecule has 8 heteroatoms. The summed E-state index contributed by atoms with van der Waals surface area (Å²) in [5, 5.41) is 6.32. The van der Waals surface area contributed by atoms with Gasteiger partial charge in [0.05, 0.1) is 24.4 Å². The quantitative estimate of drug-likeness (QED) is 0.455. The van der Waals surface area contributed by atoms with E-state index < -0.39 is 0 Å². The number of hydrogen-bond donors (Lipinski definition) is 3. The van der Waals surface area contributed by atoms with Crippen LogP contribution in [0.15, 0.2) is 64.3 Å². The van der Waals surface area contributed by atoms with Crippen LogP contribution < -0.4 is 20.8 Å². The number of pyridine rings is 1. The lowest BCUT2D eigenvalue weighted by atomic mass is 10.1. The number of carbonyl (C=O) groups is 1. The second kappa shape index (κ2) is 8.12. The Morgan fingerprint density at radius 3 is 2.83 bits per heavy atom. The van der Waals surface area contributed by atoms with Gasteiger partial charge in [-0.15, -0.1) is 0 Å². The van der Waals surface area contributed by atoms with Gasteiger partial charge in [0.25, 0.3) is 5.91 Å². The first-order valence-electron chi connectivity index (χ1n) is 9.28. The molecule has 2 heterocycles. The van der Waals surface area contributed by atoms with Crippen LogP contribution in [0, 0.1) is 0 Å². The van der Waals surface area contributed by atoms with Crippen LogP contribution in [-0.4, -0.2) is 30.0 Å². The molecule has 1 amide bonds. The minimum absolute atomic E-state index is 0.145. The van der Waals surface area contributed by atoms with Gasteiger partial charge in [-0.2, -0.15) is 0 Å². The van der Waals surface area contributed by atoms with Crippen molar-refractivity contribution in [1.82, 2.24) is 15.3 Å². The van der Waals surface area contributed by atoms with Gasteiger partial charge in [-0.05, 0) is 23.8 Å². The van der Waals surface area contributed by atoms with Crippen molar-refractivity contribution in [2.45, 2.75) is 6.54 Å². The lowest BCUT2D eigenvalue weighted by molar-refractivity contribution is 0.0963. The normalized spacial score (nSPS) is 10.7. The minimum Gasteiger partial charge on any atom is -0.496 e. The van der Waals surface area contributed by atoms with Gasteiger partial charge in [-0.25, -0.2) is 4.98 Å². The van der Waals surface area contributed by atoms with Gasteiger partial charge in [0.1, 0.15) is 11.6 Å². The number of methoxy groups -OCH3 is 1. The molecule has 4 aromatic rings. The summed E-state index contributed by atoms with van der Waals surface area (Å²) in [4.78, 5) is 31.7. The molecular weight excluding hydrogens is 384 g/mol. The highest BCUT2D eigenvalue weighted by Gasteiger charge is 2.13. The number of fused-ring (bicyclic) bond motifs is 1. The fourth-order valence-electron chi connectivity index (χ4n) is 3.25. The Labute approximate surface area is 171 Å². The SMILES string of the molecule is CNC(=O)c1cccc(CNc2cc(=O)c3cc(-c4cnco4)c(OC)cc3[nH]2)c1. The number of amides is 1. The Morgan fingerprint density at radius 1 is 1.23 bits per heavy atom. The third-order valence-electron chi connectivity index (χ3n) is 4.75. The number of H-pyrrole nitrogens is 1. The zero-order valence-electron chi connectivity index (χ0n) is 16.5. The molecule has 0 aliphatic carbocycles. The van der Waals surface area contributed by atoms with Gasteiger partial charge in [0.15, 0.2) is 17.6 Å². The second-order valence-corrected chi connectivity index (χ2v) is 6.64. The van der Waals surface area contributed by atoms with Crippen LogP contribution in [0.3, 0.4) is 0 Å². The molecule has 0 saturated heterocycles. The van der Waals surface area contributed by atoms with Gasteiger partial charge < -0.3 is 24.8 Å².